The van der Waals surface area contributed by atoms with E-state index in [2.05, 4.69) is 15.6 Å². The second-order valence-electron chi connectivity index (χ2n) is 7.36. The minimum atomic E-state index is -0.666. The topological polar surface area (TPSA) is 84.2 Å². The fraction of sp³-hybridized carbons (Fsp3) is 0.409. The van der Waals surface area contributed by atoms with Crippen LogP contribution < -0.4 is 10.6 Å². The van der Waals surface area contributed by atoms with Crippen molar-refractivity contribution in [1.82, 2.24) is 15.6 Å². The van der Waals surface area contributed by atoms with Crippen molar-refractivity contribution in [1.29, 1.82) is 0 Å². The number of carbonyl (C=O) groups is 2. The van der Waals surface area contributed by atoms with E-state index in [1.165, 1.54) is 0 Å². The summed E-state index contributed by atoms with van der Waals surface area (Å²) in [7, 11) is 0. The van der Waals surface area contributed by atoms with Gasteiger partial charge in [-0.3, -0.25) is 9.59 Å². The van der Waals surface area contributed by atoms with Gasteiger partial charge in [0.25, 0.3) is 5.89 Å². The molecule has 3 aromatic rings. The summed E-state index contributed by atoms with van der Waals surface area (Å²) in [6.07, 6.45) is 1.86. The van der Waals surface area contributed by atoms with Crippen LogP contribution in [0.25, 0.3) is 11.1 Å². The minimum absolute atomic E-state index is 0.0385. The Morgan fingerprint density at radius 3 is 2.59 bits per heavy atom. The lowest BCUT2D eigenvalue weighted by Gasteiger charge is -2.23. The highest BCUT2D eigenvalue weighted by molar-refractivity contribution is 7.09. The molecule has 0 radical (unpaired) electrons. The molecule has 0 unspecified atom stereocenters. The Labute approximate surface area is 174 Å². The second-order valence-corrected chi connectivity index (χ2v) is 8.39. The van der Waals surface area contributed by atoms with E-state index in [9.17, 15) is 9.59 Å². The molecule has 0 fully saturated rings. The highest BCUT2D eigenvalue weighted by Gasteiger charge is 2.29. The van der Waals surface area contributed by atoms with Gasteiger partial charge < -0.3 is 15.1 Å². The average Bonchev–Trinajstić information content (AvgIpc) is 3.35. The van der Waals surface area contributed by atoms with Crippen molar-refractivity contribution >= 4 is 34.1 Å². The van der Waals surface area contributed by atoms with E-state index >= 15 is 0 Å². The fourth-order valence-corrected chi connectivity index (χ4v) is 3.97. The number of thiophene rings is 1. The number of nitrogens with zero attached hydrogens (tertiary/aromatic N) is 1. The van der Waals surface area contributed by atoms with Crippen molar-refractivity contribution in [3.63, 3.8) is 0 Å². The summed E-state index contributed by atoms with van der Waals surface area (Å²) in [6, 6.07) is 10.3. The van der Waals surface area contributed by atoms with Gasteiger partial charge in [0.1, 0.15) is 5.52 Å². The molecule has 2 atom stereocenters. The Bertz CT molecular complexity index is 916. The van der Waals surface area contributed by atoms with Gasteiger partial charge in [0, 0.05) is 17.3 Å². The number of amides is 1. The molecule has 0 spiro atoms. The van der Waals surface area contributed by atoms with Gasteiger partial charge in [-0.05, 0) is 30.0 Å². The third-order valence-electron chi connectivity index (χ3n) is 4.55. The molecule has 7 heteroatoms. The SMILES string of the molecule is CCC[C@@H](NC(=O)[C@@H](Cc1cccs1)NC(C)C)C(=O)c1nc2ccccc2o1. The average molecular weight is 414 g/mol. The molecular weight excluding hydrogens is 386 g/mol. The number of rotatable bonds is 10. The molecule has 0 aliphatic carbocycles. The van der Waals surface area contributed by atoms with Gasteiger partial charge in [-0.1, -0.05) is 45.4 Å². The monoisotopic (exact) mass is 413 g/mol. The molecule has 2 heterocycles. The van der Waals surface area contributed by atoms with Crippen LogP contribution in [0.3, 0.4) is 0 Å². The Morgan fingerprint density at radius 1 is 1.14 bits per heavy atom. The minimum Gasteiger partial charge on any atom is -0.434 e. The number of Topliss-reactive ketones (excluding diaryl/α,β-unsaturated/α-hetero) is 1. The Morgan fingerprint density at radius 2 is 1.93 bits per heavy atom. The van der Waals surface area contributed by atoms with Gasteiger partial charge in [0.2, 0.25) is 11.7 Å². The third kappa shape index (κ3) is 5.52. The molecular formula is C22H27N3O3S. The standard InChI is InChI=1S/C22H27N3O3S/c1-4-8-17(20(26)22-25-16-10-5-6-11-19(16)28-22)24-21(27)18(23-14(2)3)13-15-9-7-12-29-15/h5-7,9-12,14,17-18,23H,4,8,13H2,1-3H3,(H,24,27)/t17-,18-/m1/s1. The first kappa shape index (κ1) is 21.2. The van der Waals surface area contributed by atoms with Crippen LogP contribution in [0.2, 0.25) is 0 Å². The summed E-state index contributed by atoms with van der Waals surface area (Å²) in [4.78, 5) is 31.5. The van der Waals surface area contributed by atoms with Crippen molar-refractivity contribution in [2.45, 2.75) is 58.2 Å². The van der Waals surface area contributed by atoms with Crippen LogP contribution in [-0.2, 0) is 11.2 Å². The maximum Gasteiger partial charge on any atom is 0.266 e. The summed E-state index contributed by atoms with van der Waals surface area (Å²) in [5, 5.41) is 8.24. The second kappa shape index (κ2) is 9.80. The van der Waals surface area contributed by atoms with Crippen LogP contribution in [0.4, 0.5) is 0 Å². The van der Waals surface area contributed by atoms with Gasteiger partial charge in [0.15, 0.2) is 5.58 Å². The Hall–Kier alpha value is -2.51. The maximum atomic E-state index is 13.0. The molecule has 0 bridgehead atoms. The lowest BCUT2D eigenvalue weighted by Crippen LogP contribution is -2.52. The first-order chi connectivity index (χ1) is 14.0. The van der Waals surface area contributed by atoms with Gasteiger partial charge in [-0.25, -0.2) is 4.98 Å². The number of hydrogen-bond acceptors (Lipinski definition) is 6. The van der Waals surface area contributed by atoms with E-state index in [-0.39, 0.29) is 23.6 Å². The van der Waals surface area contributed by atoms with E-state index < -0.39 is 12.1 Å². The van der Waals surface area contributed by atoms with Crippen LogP contribution in [0.15, 0.2) is 46.2 Å². The number of hydrogen-bond donors (Lipinski definition) is 2. The Kier molecular flexibility index (Phi) is 7.17. The molecule has 1 amide bonds. The van der Waals surface area contributed by atoms with E-state index in [0.717, 1.165) is 11.3 Å². The van der Waals surface area contributed by atoms with E-state index in [1.807, 2.05) is 50.4 Å². The Balaban J connectivity index is 1.76. The molecule has 6 nitrogen and oxygen atoms in total. The number of fused-ring (bicyclic) bond motifs is 1. The van der Waals surface area contributed by atoms with E-state index in [0.29, 0.717) is 23.9 Å². The molecule has 0 aliphatic heterocycles. The van der Waals surface area contributed by atoms with Crippen LogP contribution in [0.5, 0.6) is 0 Å². The largest absolute Gasteiger partial charge is 0.434 e. The number of aromatic nitrogens is 1. The van der Waals surface area contributed by atoms with Crippen LogP contribution >= 0.6 is 11.3 Å². The predicted octanol–water partition coefficient (Wildman–Crippen LogP) is 3.97. The highest BCUT2D eigenvalue weighted by Crippen LogP contribution is 2.17. The highest BCUT2D eigenvalue weighted by atomic mass is 32.1. The van der Waals surface area contributed by atoms with Gasteiger partial charge in [-0.15, -0.1) is 11.3 Å². The van der Waals surface area contributed by atoms with Crippen molar-refractivity contribution < 1.29 is 14.0 Å². The van der Waals surface area contributed by atoms with Crippen molar-refractivity contribution in [3.05, 3.63) is 52.5 Å². The first-order valence-corrected chi connectivity index (χ1v) is 10.8. The summed E-state index contributed by atoms with van der Waals surface area (Å²) >= 11 is 1.62. The lowest BCUT2D eigenvalue weighted by molar-refractivity contribution is -0.123. The molecule has 154 valence electrons. The van der Waals surface area contributed by atoms with E-state index in [4.69, 9.17) is 4.42 Å². The number of carbonyl (C=O) groups excluding carboxylic acids is 2. The summed E-state index contributed by atoms with van der Waals surface area (Å²) in [5.74, 6) is -0.442. The smallest absolute Gasteiger partial charge is 0.266 e. The molecule has 3 rings (SSSR count). The van der Waals surface area contributed by atoms with Crippen LogP contribution in [-0.4, -0.2) is 34.8 Å². The van der Waals surface area contributed by atoms with E-state index in [1.54, 1.807) is 23.5 Å². The fourth-order valence-electron chi connectivity index (χ4n) is 3.22. The zero-order valence-electron chi connectivity index (χ0n) is 17.0. The zero-order valence-corrected chi connectivity index (χ0v) is 17.8. The van der Waals surface area contributed by atoms with Gasteiger partial charge >= 0.3 is 0 Å². The zero-order chi connectivity index (χ0) is 20.8. The summed E-state index contributed by atoms with van der Waals surface area (Å²) in [6.45, 7) is 5.98. The quantitative estimate of drug-likeness (QED) is 0.492. The molecule has 2 aromatic heterocycles. The van der Waals surface area contributed by atoms with Gasteiger partial charge in [-0.2, -0.15) is 0 Å². The summed E-state index contributed by atoms with van der Waals surface area (Å²) in [5.41, 5.74) is 1.20. The first-order valence-electron chi connectivity index (χ1n) is 9.96. The molecule has 2 N–H and O–H groups in total. The van der Waals surface area contributed by atoms with Crippen molar-refractivity contribution in [2.24, 2.45) is 0 Å². The normalized spacial score (nSPS) is 13.5. The predicted molar refractivity (Wildman–Crippen MR) is 115 cm³/mol. The summed E-state index contributed by atoms with van der Waals surface area (Å²) < 4.78 is 5.62. The number of oxazole rings is 1. The lowest BCUT2D eigenvalue weighted by atomic mass is 10.0. The third-order valence-corrected chi connectivity index (χ3v) is 5.45. The maximum absolute atomic E-state index is 13.0. The van der Waals surface area contributed by atoms with Gasteiger partial charge in [0.05, 0.1) is 12.1 Å². The number of ketones is 1. The number of nitrogens with one attached hydrogen (secondary N) is 2. The molecule has 1 aromatic carbocycles. The molecule has 29 heavy (non-hydrogen) atoms. The number of para-hydroxylation sites is 2. The molecule has 0 saturated carbocycles. The van der Waals surface area contributed by atoms with Crippen LogP contribution in [0.1, 0.15) is 49.2 Å². The number of benzene rings is 1. The molecule has 0 saturated heterocycles. The van der Waals surface area contributed by atoms with Crippen LogP contribution in [0, 0.1) is 0 Å². The van der Waals surface area contributed by atoms with Crippen molar-refractivity contribution in [3.8, 4) is 0 Å². The molecule has 0 aliphatic rings. The van der Waals surface area contributed by atoms with Crippen molar-refractivity contribution in [2.75, 3.05) is 0 Å².